The van der Waals surface area contributed by atoms with Gasteiger partial charge in [0.05, 0.1) is 6.61 Å². The maximum atomic E-state index is 12.0. The Balaban J connectivity index is 0.00000289. The molecular weight excluding hydrogens is 278 g/mol. The highest BCUT2D eigenvalue weighted by Gasteiger charge is 2.25. The van der Waals surface area contributed by atoms with Crippen LogP contribution in [-0.2, 0) is 14.9 Å². The van der Waals surface area contributed by atoms with Gasteiger partial charge in [-0.15, -0.1) is 12.4 Å². The normalized spacial score (nSPS) is 24.9. The number of piperidine rings is 1. The smallest absolute Gasteiger partial charge is 0.279 e. The molecule has 0 spiro atoms. The van der Waals surface area contributed by atoms with E-state index in [9.17, 15) is 8.42 Å². The molecule has 0 radical (unpaired) electrons. The largest absolute Gasteiger partial charge is 0.383 e. The van der Waals surface area contributed by atoms with Crippen LogP contribution in [0.15, 0.2) is 0 Å². The molecule has 0 aliphatic carbocycles. The fourth-order valence-corrected chi connectivity index (χ4v) is 3.01. The Labute approximate surface area is 116 Å². The lowest BCUT2D eigenvalue weighted by Gasteiger charge is -2.30. The molecular formula is C10H24ClN3O3S. The van der Waals surface area contributed by atoms with Crippen LogP contribution in [0.2, 0.25) is 0 Å². The van der Waals surface area contributed by atoms with E-state index in [1.54, 1.807) is 14.2 Å². The molecule has 18 heavy (non-hydrogen) atoms. The number of halogens is 1. The molecule has 2 unspecified atom stereocenters. The molecule has 1 saturated heterocycles. The van der Waals surface area contributed by atoms with E-state index in [-0.39, 0.29) is 18.4 Å². The van der Waals surface area contributed by atoms with Crippen molar-refractivity contribution in [1.82, 2.24) is 14.3 Å². The molecule has 1 aliphatic rings. The predicted molar refractivity (Wildman–Crippen MR) is 74.3 cm³/mol. The monoisotopic (exact) mass is 301 g/mol. The van der Waals surface area contributed by atoms with Gasteiger partial charge in [-0.05, 0) is 26.3 Å². The third kappa shape index (κ3) is 5.81. The van der Waals surface area contributed by atoms with Gasteiger partial charge in [-0.1, -0.05) is 0 Å². The van der Waals surface area contributed by atoms with Crippen LogP contribution in [0.1, 0.15) is 19.8 Å². The molecule has 0 aromatic carbocycles. The summed E-state index contributed by atoms with van der Waals surface area (Å²) in [7, 11) is -0.261. The first kappa shape index (κ1) is 18.1. The van der Waals surface area contributed by atoms with Gasteiger partial charge in [-0.25, -0.2) is 0 Å². The molecule has 0 saturated carbocycles. The van der Waals surface area contributed by atoms with E-state index in [0.717, 1.165) is 19.4 Å². The molecule has 6 nitrogen and oxygen atoms in total. The van der Waals surface area contributed by atoms with Crippen LogP contribution in [0.4, 0.5) is 0 Å². The number of likely N-dealkylation sites (N-methyl/N-ethyl adjacent to an activating group) is 1. The molecule has 0 aromatic heterocycles. The summed E-state index contributed by atoms with van der Waals surface area (Å²) in [5, 5.41) is 3.29. The first-order chi connectivity index (χ1) is 7.95. The minimum atomic E-state index is -3.38. The van der Waals surface area contributed by atoms with Gasteiger partial charge in [0.1, 0.15) is 0 Å². The lowest BCUT2D eigenvalue weighted by molar-refractivity contribution is 0.184. The lowest BCUT2D eigenvalue weighted by Crippen LogP contribution is -2.50. The highest BCUT2D eigenvalue weighted by molar-refractivity contribution is 7.87. The highest BCUT2D eigenvalue weighted by atomic mass is 35.5. The van der Waals surface area contributed by atoms with Crippen LogP contribution in [-0.4, -0.2) is 58.7 Å². The summed E-state index contributed by atoms with van der Waals surface area (Å²) in [6.45, 7) is 3.69. The maximum Gasteiger partial charge on any atom is 0.279 e. The number of nitrogens with one attached hydrogen (secondary N) is 2. The van der Waals surface area contributed by atoms with Crippen molar-refractivity contribution in [2.45, 2.75) is 31.8 Å². The molecule has 1 rings (SSSR count). The average Bonchev–Trinajstić information content (AvgIpc) is 2.25. The van der Waals surface area contributed by atoms with Crippen LogP contribution in [0.3, 0.4) is 0 Å². The Morgan fingerprint density at radius 2 is 2.17 bits per heavy atom. The van der Waals surface area contributed by atoms with E-state index < -0.39 is 10.2 Å². The molecule has 2 atom stereocenters. The summed E-state index contributed by atoms with van der Waals surface area (Å²) >= 11 is 0. The fraction of sp³-hybridized carbons (Fsp3) is 1.00. The van der Waals surface area contributed by atoms with Crippen molar-refractivity contribution in [3.05, 3.63) is 0 Å². The summed E-state index contributed by atoms with van der Waals surface area (Å²) < 4.78 is 32.8. The quantitative estimate of drug-likeness (QED) is 0.722. The third-order valence-electron chi connectivity index (χ3n) is 2.96. The lowest BCUT2D eigenvalue weighted by atomic mass is 10.0. The Hall–Kier alpha value is 0.0800. The van der Waals surface area contributed by atoms with Gasteiger partial charge < -0.3 is 10.1 Å². The SMILES string of the molecule is COCCN(C)S(=O)(=O)NC1CCNC(C)C1.Cl. The Kier molecular flexibility index (Phi) is 8.33. The third-order valence-corrected chi connectivity index (χ3v) is 4.59. The summed E-state index contributed by atoms with van der Waals surface area (Å²) in [5.74, 6) is 0. The molecule has 8 heteroatoms. The van der Waals surface area contributed by atoms with Crippen LogP contribution in [0.25, 0.3) is 0 Å². The highest BCUT2D eigenvalue weighted by Crippen LogP contribution is 2.10. The Morgan fingerprint density at radius 3 is 2.72 bits per heavy atom. The van der Waals surface area contributed by atoms with Crippen LogP contribution < -0.4 is 10.0 Å². The zero-order valence-electron chi connectivity index (χ0n) is 11.2. The van der Waals surface area contributed by atoms with Crippen LogP contribution in [0.5, 0.6) is 0 Å². The number of rotatable bonds is 6. The molecule has 110 valence electrons. The molecule has 1 fully saturated rings. The van der Waals surface area contributed by atoms with Crippen LogP contribution >= 0.6 is 12.4 Å². The van der Waals surface area contributed by atoms with Crippen LogP contribution in [0, 0.1) is 0 Å². The second-order valence-electron chi connectivity index (χ2n) is 4.51. The van der Waals surface area contributed by atoms with Crippen molar-refractivity contribution in [3.8, 4) is 0 Å². The summed E-state index contributed by atoms with van der Waals surface area (Å²) in [6.07, 6.45) is 1.67. The minimum absolute atomic E-state index is 0. The summed E-state index contributed by atoms with van der Waals surface area (Å²) in [5.41, 5.74) is 0. The zero-order valence-corrected chi connectivity index (χ0v) is 12.8. The van der Waals surface area contributed by atoms with Gasteiger partial charge in [-0.3, -0.25) is 0 Å². The van der Waals surface area contributed by atoms with Crippen molar-refractivity contribution >= 4 is 22.6 Å². The molecule has 2 N–H and O–H groups in total. The van der Waals surface area contributed by atoms with Gasteiger partial charge in [0, 0.05) is 32.8 Å². The topological polar surface area (TPSA) is 70.7 Å². The number of hydrogen-bond acceptors (Lipinski definition) is 4. The summed E-state index contributed by atoms with van der Waals surface area (Å²) in [6, 6.07) is 0.391. The van der Waals surface area contributed by atoms with Gasteiger partial charge in [0.15, 0.2) is 0 Å². The van der Waals surface area contributed by atoms with Gasteiger partial charge in [-0.2, -0.15) is 17.4 Å². The average molecular weight is 302 g/mol. The van der Waals surface area contributed by atoms with Crippen molar-refractivity contribution in [2.75, 3.05) is 33.9 Å². The summed E-state index contributed by atoms with van der Waals surface area (Å²) in [4.78, 5) is 0. The second kappa shape index (κ2) is 8.29. The van der Waals surface area contributed by atoms with Crippen molar-refractivity contribution < 1.29 is 13.2 Å². The number of methoxy groups -OCH3 is 1. The number of ether oxygens (including phenoxy) is 1. The van der Waals surface area contributed by atoms with Crippen molar-refractivity contribution in [2.24, 2.45) is 0 Å². The van der Waals surface area contributed by atoms with E-state index in [1.165, 1.54) is 4.31 Å². The molecule has 0 amide bonds. The Morgan fingerprint density at radius 1 is 1.50 bits per heavy atom. The van der Waals surface area contributed by atoms with Gasteiger partial charge in [0.2, 0.25) is 0 Å². The van der Waals surface area contributed by atoms with Gasteiger partial charge >= 0.3 is 0 Å². The van der Waals surface area contributed by atoms with Gasteiger partial charge in [0.25, 0.3) is 10.2 Å². The first-order valence-corrected chi connectivity index (χ1v) is 7.35. The minimum Gasteiger partial charge on any atom is -0.383 e. The van der Waals surface area contributed by atoms with E-state index in [1.807, 2.05) is 0 Å². The number of nitrogens with zero attached hydrogens (tertiary/aromatic N) is 1. The standard InChI is InChI=1S/C10H23N3O3S.ClH/c1-9-8-10(4-5-11-9)12-17(14,15)13(2)6-7-16-3;/h9-12H,4-8H2,1-3H3;1H. The molecule has 1 heterocycles. The second-order valence-corrected chi connectivity index (χ2v) is 6.32. The molecule has 0 bridgehead atoms. The molecule has 1 aliphatic heterocycles. The zero-order chi connectivity index (χ0) is 12.9. The predicted octanol–water partition coefficient (Wildman–Crippen LogP) is -0.0387. The Bertz CT molecular complexity index is 326. The van der Waals surface area contributed by atoms with Crippen molar-refractivity contribution in [1.29, 1.82) is 0 Å². The van der Waals surface area contributed by atoms with E-state index in [0.29, 0.717) is 19.2 Å². The van der Waals surface area contributed by atoms with Crippen molar-refractivity contribution in [3.63, 3.8) is 0 Å². The van der Waals surface area contributed by atoms with E-state index >= 15 is 0 Å². The fourth-order valence-electron chi connectivity index (χ4n) is 1.88. The maximum absolute atomic E-state index is 12.0. The van der Waals surface area contributed by atoms with E-state index in [4.69, 9.17) is 4.74 Å². The van der Waals surface area contributed by atoms with E-state index in [2.05, 4.69) is 17.0 Å². The number of hydrogen-bond donors (Lipinski definition) is 2. The first-order valence-electron chi connectivity index (χ1n) is 5.91. The molecule has 0 aromatic rings.